The van der Waals surface area contributed by atoms with E-state index in [9.17, 15) is 13.2 Å². The van der Waals surface area contributed by atoms with Gasteiger partial charge >= 0.3 is 16.1 Å². The molecule has 0 aliphatic heterocycles. The maximum absolute atomic E-state index is 12.1. The van der Waals surface area contributed by atoms with E-state index in [2.05, 4.69) is 0 Å². The first-order chi connectivity index (χ1) is 11.4. The highest BCUT2D eigenvalue weighted by Crippen LogP contribution is 2.19. The minimum Gasteiger partial charge on any atom is -0.461 e. The van der Waals surface area contributed by atoms with Crippen LogP contribution in [0, 0.1) is 5.92 Å². The fourth-order valence-electron chi connectivity index (χ4n) is 1.87. The van der Waals surface area contributed by atoms with Crippen LogP contribution in [-0.4, -0.2) is 14.4 Å². The molecule has 6 heteroatoms. The summed E-state index contributed by atoms with van der Waals surface area (Å²) in [6.07, 6.45) is 0.725. The van der Waals surface area contributed by atoms with E-state index in [1.807, 2.05) is 13.8 Å². The van der Waals surface area contributed by atoms with E-state index in [-0.39, 0.29) is 29.1 Å². The molecule has 0 bridgehead atoms. The van der Waals surface area contributed by atoms with Crippen molar-refractivity contribution in [3.8, 4) is 5.75 Å². The van der Waals surface area contributed by atoms with E-state index >= 15 is 0 Å². The van der Waals surface area contributed by atoms with E-state index in [1.165, 1.54) is 24.3 Å². The number of hydrogen-bond acceptors (Lipinski definition) is 5. The van der Waals surface area contributed by atoms with Crippen LogP contribution in [0.15, 0.2) is 59.5 Å². The second kappa shape index (κ2) is 7.97. The van der Waals surface area contributed by atoms with Gasteiger partial charge in [-0.1, -0.05) is 44.2 Å². The highest BCUT2D eigenvalue weighted by Gasteiger charge is 2.16. The maximum Gasteiger partial charge on any atom is 0.339 e. The maximum atomic E-state index is 12.1. The molecular weight excluding hydrogens is 328 g/mol. The van der Waals surface area contributed by atoms with Gasteiger partial charge in [-0.25, -0.2) is 0 Å². The van der Waals surface area contributed by atoms with E-state index < -0.39 is 10.1 Å². The molecule has 0 amide bonds. The average molecular weight is 348 g/mol. The van der Waals surface area contributed by atoms with Gasteiger partial charge in [0.15, 0.2) is 0 Å². The molecule has 0 saturated carbocycles. The number of ether oxygens (including phenoxy) is 1. The SMILES string of the molecule is CCC(C)C(=O)OCc1ccc(OS(=O)(=O)c2ccccc2)cc1. The van der Waals surface area contributed by atoms with Crippen molar-refractivity contribution in [3.63, 3.8) is 0 Å². The predicted octanol–water partition coefficient (Wildman–Crippen LogP) is 3.54. The quantitative estimate of drug-likeness (QED) is 0.565. The molecule has 0 aliphatic carbocycles. The van der Waals surface area contributed by atoms with Crippen LogP contribution < -0.4 is 4.18 Å². The molecule has 2 rings (SSSR count). The lowest BCUT2D eigenvalue weighted by Crippen LogP contribution is -2.13. The fourth-order valence-corrected chi connectivity index (χ4v) is 2.82. The molecule has 2 aromatic carbocycles. The Labute approximate surface area is 142 Å². The van der Waals surface area contributed by atoms with Crippen LogP contribution in [0.5, 0.6) is 5.75 Å². The van der Waals surface area contributed by atoms with Crippen molar-refractivity contribution >= 4 is 16.1 Å². The van der Waals surface area contributed by atoms with Crippen LogP contribution in [0.25, 0.3) is 0 Å². The lowest BCUT2D eigenvalue weighted by atomic mass is 10.1. The van der Waals surface area contributed by atoms with Crippen molar-refractivity contribution in [1.82, 2.24) is 0 Å². The zero-order valence-electron chi connectivity index (χ0n) is 13.6. The number of esters is 1. The van der Waals surface area contributed by atoms with Crippen LogP contribution in [0.4, 0.5) is 0 Å². The molecule has 1 atom stereocenters. The molecule has 0 saturated heterocycles. The highest BCUT2D eigenvalue weighted by atomic mass is 32.2. The van der Waals surface area contributed by atoms with Gasteiger partial charge in [0, 0.05) is 0 Å². The van der Waals surface area contributed by atoms with E-state index in [4.69, 9.17) is 8.92 Å². The van der Waals surface area contributed by atoms with Gasteiger partial charge in [-0.05, 0) is 36.2 Å². The Balaban J connectivity index is 1.99. The third-order valence-corrected chi connectivity index (χ3v) is 4.82. The van der Waals surface area contributed by atoms with E-state index in [0.29, 0.717) is 0 Å². The van der Waals surface area contributed by atoms with Gasteiger partial charge in [-0.15, -0.1) is 0 Å². The van der Waals surface area contributed by atoms with Crippen molar-refractivity contribution in [2.45, 2.75) is 31.8 Å². The number of carbonyl (C=O) groups excluding carboxylic acids is 1. The van der Waals surface area contributed by atoms with Gasteiger partial charge in [-0.2, -0.15) is 8.42 Å². The summed E-state index contributed by atoms with van der Waals surface area (Å²) in [5, 5.41) is 0. The minimum absolute atomic E-state index is 0.0940. The largest absolute Gasteiger partial charge is 0.461 e. The molecule has 5 nitrogen and oxygen atoms in total. The number of benzene rings is 2. The Kier molecular flexibility index (Phi) is 5.98. The lowest BCUT2D eigenvalue weighted by Gasteiger charge is -2.10. The van der Waals surface area contributed by atoms with Gasteiger partial charge in [0.2, 0.25) is 0 Å². The van der Waals surface area contributed by atoms with Crippen molar-refractivity contribution in [1.29, 1.82) is 0 Å². The van der Waals surface area contributed by atoms with Crippen molar-refractivity contribution in [3.05, 3.63) is 60.2 Å². The molecule has 128 valence electrons. The summed E-state index contributed by atoms with van der Waals surface area (Å²) in [6, 6.07) is 14.3. The third-order valence-electron chi connectivity index (χ3n) is 3.56. The number of carbonyl (C=O) groups is 1. The van der Waals surface area contributed by atoms with Crippen LogP contribution in [0.3, 0.4) is 0 Å². The second-order valence-electron chi connectivity index (χ2n) is 5.41. The summed E-state index contributed by atoms with van der Waals surface area (Å²) in [5.74, 6) is -0.177. The normalized spacial score (nSPS) is 12.4. The average Bonchev–Trinajstić information content (AvgIpc) is 2.60. The summed E-state index contributed by atoms with van der Waals surface area (Å²) in [7, 11) is -3.85. The summed E-state index contributed by atoms with van der Waals surface area (Å²) in [5.41, 5.74) is 0.760. The van der Waals surface area contributed by atoms with Gasteiger partial charge < -0.3 is 8.92 Å². The van der Waals surface area contributed by atoms with Crippen molar-refractivity contribution in [2.24, 2.45) is 5.92 Å². The molecular formula is C18H20O5S. The first-order valence-corrected chi connectivity index (χ1v) is 9.08. The summed E-state index contributed by atoms with van der Waals surface area (Å²) >= 11 is 0. The Morgan fingerprint density at radius 1 is 1.04 bits per heavy atom. The first-order valence-electron chi connectivity index (χ1n) is 7.67. The Hall–Kier alpha value is -2.34. The highest BCUT2D eigenvalue weighted by molar-refractivity contribution is 7.87. The molecule has 0 fully saturated rings. The van der Waals surface area contributed by atoms with Crippen LogP contribution >= 0.6 is 0 Å². The molecule has 0 N–H and O–H groups in total. The topological polar surface area (TPSA) is 69.7 Å². The number of rotatable bonds is 7. The van der Waals surface area contributed by atoms with Gasteiger partial charge in [0.05, 0.1) is 5.92 Å². The molecule has 2 aromatic rings. The molecule has 24 heavy (non-hydrogen) atoms. The van der Waals surface area contributed by atoms with Gasteiger partial charge in [0.1, 0.15) is 17.3 Å². The Morgan fingerprint density at radius 3 is 2.25 bits per heavy atom. The Morgan fingerprint density at radius 2 is 1.67 bits per heavy atom. The lowest BCUT2D eigenvalue weighted by molar-refractivity contribution is -0.149. The smallest absolute Gasteiger partial charge is 0.339 e. The van der Waals surface area contributed by atoms with Crippen LogP contribution in [0.2, 0.25) is 0 Å². The first kappa shape index (κ1) is 18.0. The van der Waals surface area contributed by atoms with Gasteiger partial charge in [-0.3, -0.25) is 4.79 Å². The monoisotopic (exact) mass is 348 g/mol. The summed E-state index contributed by atoms with van der Waals surface area (Å²) < 4.78 is 34.5. The Bertz CT molecular complexity index is 767. The van der Waals surface area contributed by atoms with E-state index in [1.54, 1.807) is 30.3 Å². The standard InChI is InChI=1S/C18H20O5S/c1-3-14(2)18(19)22-13-15-9-11-16(12-10-15)23-24(20,21)17-7-5-4-6-8-17/h4-12,14H,3,13H2,1-2H3. The zero-order chi connectivity index (χ0) is 17.6. The van der Waals surface area contributed by atoms with Crippen molar-refractivity contribution in [2.75, 3.05) is 0 Å². The fraction of sp³-hybridized carbons (Fsp3) is 0.278. The number of hydrogen-bond donors (Lipinski definition) is 0. The van der Waals surface area contributed by atoms with Gasteiger partial charge in [0.25, 0.3) is 0 Å². The molecule has 0 heterocycles. The minimum atomic E-state index is -3.85. The summed E-state index contributed by atoms with van der Waals surface area (Å²) in [4.78, 5) is 11.7. The molecule has 0 aliphatic rings. The van der Waals surface area contributed by atoms with Crippen LogP contribution in [0.1, 0.15) is 25.8 Å². The van der Waals surface area contributed by atoms with Crippen molar-refractivity contribution < 1.29 is 22.1 Å². The third kappa shape index (κ3) is 4.83. The molecule has 0 aromatic heterocycles. The summed E-state index contributed by atoms with van der Waals surface area (Å²) in [6.45, 7) is 3.88. The molecule has 0 radical (unpaired) electrons. The predicted molar refractivity (Wildman–Crippen MR) is 89.9 cm³/mol. The zero-order valence-corrected chi connectivity index (χ0v) is 14.5. The molecule has 1 unspecified atom stereocenters. The van der Waals surface area contributed by atoms with Crippen LogP contribution in [-0.2, 0) is 26.3 Å². The second-order valence-corrected chi connectivity index (χ2v) is 6.96. The van der Waals surface area contributed by atoms with E-state index in [0.717, 1.165) is 12.0 Å². The molecule has 0 spiro atoms.